The fourth-order valence-corrected chi connectivity index (χ4v) is 4.51. The van der Waals surface area contributed by atoms with E-state index >= 15 is 0 Å². The molecule has 0 aliphatic heterocycles. The summed E-state index contributed by atoms with van der Waals surface area (Å²) < 4.78 is 3.89. The van der Waals surface area contributed by atoms with Crippen molar-refractivity contribution in [2.24, 2.45) is 5.92 Å². The minimum atomic E-state index is -0.527. The second-order valence-corrected chi connectivity index (χ2v) is 9.79. The zero-order valence-electron chi connectivity index (χ0n) is 20.1. The van der Waals surface area contributed by atoms with Crippen LogP contribution < -0.4 is 21.9 Å². The zero-order chi connectivity index (χ0) is 24.6. The topological polar surface area (TPSA) is 120 Å². The smallest absolute Gasteiger partial charge is 0.352 e. The highest BCUT2D eigenvalue weighted by Crippen LogP contribution is 2.18. The van der Waals surface area contributed by atoms with E-state index in [4.69, 9.17) is 0 Å². The largest absolute Gasteiger partial charge is 0.352 e. The highest BCUT2D eigenvalue weighted by molar-refractivity contribution is 5.98. The lowest BCUT2D eigenvalue weighted by Crippen LogP contribution is -2.37. The molecule has 0 bridgehead atoms. The Hall–Kier alpha value is -3.43. The lowest BCUT2D eigenvalue weighted by Gasteiger charge is -2.13. The fraction of sp³-hybridized carbons (Fsp3) is 0.542. The van der Waals surface area contributed by atoms with Crippen LogP contribution in [0.25, 0.3) is 16.7 Å². The van der Waals surface area contributed by atoms with Crippen molar-refractivity contribution in [2.75, 3.05) is 0 Å². The lowest BCUT2D eigenvalue weighted by atomic mass is 10.1. The first-order valence-electron chi connectivity index (χ1n) is 11.9. The molecule has 1 fully saturated rings. The van der Waals surface area contributed by atoms with Crippen molar-refractivity contribution in [2.45, 2.75) is 78.6 Å². The van der Waals surface area contributed by atoms with Gasteiger partial charge in [-0.05, 0) is 50.8 Å². The molecule has 1 saturated carbocycles. The third-order valence-electron chi connectivity index (χ3n) is 6.02. The van der Waals surface area contributed by atoms with Gasteiger partial charge in [0, 0.05) is 24.2 Å². The van der Waals surface area contributed by atoms with Crippen molar-refractivity contribution in [3.8, 4) is 0 Å². The van der Waals surface area contributed by atoms with E-state index in [1.165, 1.54) is 15.0 Å². The maximum Gasteiger partial charge on any atom is 0.352 e. The van der Waals surface area contributed by atoms with Crippen molar-refractivity contribution in [1.82, 2.24) is 29.4 Å². The molecule has 0 radical (unpaired) electrons. The predicted molar refractivity (Wildman–Crippen MR) is 129 cm³/mol. The van der Waals surface area contributed by atoms with Crippen LogP contribution in [-0.2, 0) is 17.9 Å². The Kier molecular flexibility index (Phi) is 6.58. The third kappa shape index (κ3) is 4.62. The molecule has 182 valence electrons. The number of amides is 2. The molecule has 0 spiro atoms. The van der Waals surface area contributed by atoms with Gasteiger partial charge in [0.25, 0.3) is 11.5 Å². The Labute approximate surface area is 196 Å². The van der Waals surface area contributed by atoms with E-state index in [2.05, 4.69) is 15.7 Å². The highest BCUT2D eigenvalue weighted by atomic mass is 16.2. The summed E-state index contributed by atoms with van der Waals surface area (Å²) in [6.07, 6.45) is 4.04. The van der Waals surface area contributed by atoms with Crippen LogP contribution in [0.4, 0.5) is 0 Å². The molecule has 2 heterocycles. The first kappa shape index (κ1) is 23.7. The summed E-state index contributed by atoms with van der Waals surface area (Å²) in [4.78, 5) is 51.9. The molecule has 2 N–H and O–H groups in total. The summed E-state index contributed by atoms with van der Waals surface area (Å²) in [5.74, 6) is -0.295. The van der Waals surface area contributed by atoms with Crippen LogP contribution in [-0.4, -0.2) is 42.6 Å². The number of nitrogens with one attached hydrogen (secondary N) is 2. The minimum Gasteiger partial charge on any atom is -0.352 e. The van der Waals surface area contributed by atoms with Gasteiger partial charge >= 0.3 is 5.69 Å². The van der Waals surface area contributed by atoms with Crippen LogP contribution in [0.5, 0.6) is 0 Å². The molecule has 4 rings (SSSR count). The van der Waals surface area contributed by atoms with Crippen LogP contribution >= 0.6 is 0 Å². The van der Waals surface area contributed by atoms with Gasteiger partial charge in [-0.3, -0.25) is 19.0 Å². The molecule has 0 atom stereocenters. The summed E-state index contributed by atoms with van der Waals surface area (Å²) in [7, 11) is 0. The van der Waals surface area contributed by atoms with Gasteiger partial charge in [0.1, 0.15) is 6.54 Å². The summed E-state index contributed by atoms with van der Waals surface area (Å²) in [5, 5.41) is 10.5. The van der Waals surface area contributed by atoms with E-state index in [1.54, 1.807) is 12.1 Å². The van der Waals surface area contributed by atoms with E-state index in [9.17, 15) is 19.2 Å². The maximum atomic E-state index is 13.4. The van der Waals surface area contributed by atoms with Crippen molar-refractivity contribution < 1.29 is 9.59 Å². The van der Waals surface area contributed by atoms with Crippen molar-refractivity contribution in [1.29, 1.82) is 0 Å². The van der Waals surface area contributed by atoms with Gasteiger partial charge in [0.05, 0.1) is 10.9 Å². The molecular weight excluding hydrogens is 436 g/mol. The van der Waals surface area contributed by atoms with Crippen molar-refractivity contribution in [3.05, 3.63) is 44.6 Å². The monoisotopic (exact) mass is 468 g/mol. The fourth-order valence-electron chi connectivity index (χ4n) is 4.51. The predicted octanol–water partition coefficient (Wildman–Crippen LogP) is 1.66. The van der Waals surface area contributed by atoms with Crippen LogP contribution in [0.2, 0.25) is 0 Å². The van der Waals surface area contributed by atoms with Gasteiger partial charge in [0.2, 0.25) is 11.7 Å². The maximum absolute atomic E-state index is 13.4. The molecule has 34 heavy (non-hydrogen) atoms. The number of hydrogen-bond donors (Lipinski definition) is 2. The molecule has 0 unspecified atom stereocenters. The van der Waals surface area contributed by atoms with Crippen molar-refractivity contribution in [3.63, 3.8) is 0 Å². The Morgan fingerprint density at radius 2 is 1.82 bits per heavy atom. The normalized spacial score (nSPS) is 14.5. The molecular formula is C24H32N6O4. The van der Waals surface area contributed by atoms with Crippen molar-refractivity contribution >= 4 is 28.5 Å². The van der Waals surface area contributed by atoms with Gasteiger partial charge in [-0.2, -0.15) is 0 Å². The van der Waals surface area contributed by atoms with E-state index in [-0.39, 0.29) is 47.7 Å². The summed E-state index contributed by atoms with van der Waals surface area (Å²) in [5.41, 5.74) is -0.189. The van der Waals surface area contributed by atoms with E-state index in [0.717, 1.165) is 30.4 Å². The standard InChI is InChI=1S/C24H32N6O4/c1-14(2)12-28-22(33)18-10-9-16(21(32)25-15(3)4)11-19(18)30-23(28)27-29(24(30)34)13-20(31)26-17-7-5-6-8-17/h9-11,14-15,17H,5-8,12-13H2,1-4H3,(H,25,32)(H,26,31). The Morgan fingerprint density at radius 3 is 2.47 bits per heavy atom. The second-order valence-electron chi connectivity index (χ2n) is 9.79. The molecule has 1 aliphatic rings. The third-order valence-corrected chi connectivity index (χ3v) is 6.02. The molecule has 1 aliphatic carbocycles. The van der Waals surface area contributed by atoms with Crippen LogP contribution in [0, 0.1) is 5.92 Å². The van der Waals surface area contributed by atoms with E-state index in [0.29, 0.717) is 23.0 Å². The molecule has 2 amide bonds. The summed E-state index contributed by atoms with van der Waals surface area (Å²) >= 11 is 0. The van der Waals surface area contributed by atoms with Gasteiger partial charge in [-0.15, -0.1) is 5.10 Å². The SMILES string of the molecule is CC(C)Cn1c(=O)c2ccc(C(=O)NC(C)C)cc2n2c(=O)n(CC(=O)NC3CCCC3)nc12. The molecule has 0 saturated heterocycles. The van der Waals surface area contributed by atoms with Crippen LogP contribution in [0.15, 0.2) is 27.8 Å². The Morgan fingerprint density at radius 1 is 1.12 bits per heavy atom. The number of benzene rings is 1. The average molecular weight is 469 g/mol. The number of fused-ring (bicyclic) bond motifs is 3. The minimum absolute atomic E-state index is 0.0638. The molecule has 3 aromatic rings. The number of carbonyl (C=O) groups is 2. The summed E-state index contributed by atoms with van der Waals surface area (Å²) in [6, 6.07) is 4.75. The zero-order valence-corrected chi connectivity index (χ0v) is 20.1. The van der Waals surface area contributed by atoms with Gasteiger partial charge in [-0.1, -0.05) is 26.7 Å². The Bertz CT molecular complexity index is 1360. The van der Waals surface area contributed by atoms with E-state index < -0.39 is 5.69 Å². The van der Waals surface area contributed by atoms with Gasteiger partial charge in [-0.25, -0.2) is 13.9 Å². The lowest BCUT2D eigenvalue weighted by molar-refractivity contribution is -0.122. The van der Waals surface area contributed by atoms with E-state index in [1.807, 2.05) is 27.7 Å². The second kappa shape index (κ2) is 9.44. The Balaban J connectivity index is 1.85. The molecule has 10 heteroatoms. The number of carbonyl (C=O) groups excluding carboxylic acids is 2. The summed E-state index contributed by atoms with van der Waals surface area (Å²) in [6.45, 7) is 7.77. The highest BCUT2D eigenvalue weighted by Gasteiger charge is 2.22. The quantitative estimate of drug-likeness (QED) is 0.547. The van der Waals surface area contributed by atoms with Crippen LogP contribution in [0.1, 0.15) is 63.7 Å². The molecule has 1 aromatic carbocycles. The van der Waals surface area contributed by atoms with Gasteiger partial charge < -0.3 is 10.6 Å². The first-order chi connectivity index (χ1) is 16.2. The number of rotatable bonds is 7. The number of aromatic nitrogens is 4. The first-order valence-corrected chi connectivity index (χ1v) is 11.9. The molecule has 10 nitrogen and oxygen atoms in total. The number of hydrogen-bond acceptors (Lipinski definition) is 5. The van der Waals surface area contributed by atoms with Crippen LogP contribution in [0.3, 0.4) is 0 Å². The average Bonchev–Trinajstić information content (AvgIpc) is 3.38. The van der Waals surface area contributed by atoms with Gasteiger partial charge in [0.15, 0.2) is 0 Å². The number of nitrogens with zero attached hydrogens (tertiary/aromatic N) is 4. The molecule has 2 aromatic heterocycles.